The summed E-state index contributed by atoms with van der Waals surface area (Å²) in [6, 6.07) is 21.9. The van der Waals surface area contributed by atoms with E-state index in [2.05, 4.69) is 10.6 Å². The third kappa shape index (κ3) is 5.35. The van der Waals surface area contributed by atoms with E-state index in [9.17, 15) is 14.4 Å². The van der Waals surface area contributed by atoms with Crippen molar-refractivity contribution in [3.8, 4) is 5.75 Å². The number of nitrogens with one attached hydrogen (secondary N) is 2. The third-order valence-corrected chi connectivity index (χ3v) is 7.05. The van der Waals surface area contributed by atoms with Gasteiger partial charge in [-0.05, 0) is 62.6 Å². The molecule has 37 heavy (non-hydrogen) atoms. The van der Waals surface area contributed by atoms with E-state index < -0.39 is 12.0 Å². The zero-order valence-electron chi connectivity index (χ0n) is 21.1. The molecule has 1 aliphatic carbocycles. The Kier molecular flexibility index (Phi) is 6.95. The largest absolute Gasteiger partial charge is 0.496 e. The molecular formula is C30H31N3O4. The van der Waals surface area contributed by atoms with Crippen molar-refractivity contribution in [2.45, 2.75) is 38.6 Å². The molecule has 1 saturated carbocycles. The van der Waals surface area contributed by atoms with Crippen LogP contribution in [0.3, 0.4) is 0 Å². The molecule has 1 aliphatic heterocycles. The lowest BCUT2D eigenvalue weighted by atomic mass is 9.82. The normalized spacial score (nSPS) is 19.3. The van der Waals surface area contributed by atoms with Gasteiger partial charge >= 0.3 is 0 Å². The molecule has 2 atom stereocenters. The van der Waals surface area contributed by atoms with Crippen molar-refractivity contribution in [1.29, 1.82) is 0 Å². The molecule has 190 valence electrons. The standard InChI is InChI=1S/C30H31N3O4/c1-19-10-14-23(15-11-19)33-27(34)17-16-25(28(33)24-8-3-4-9-26(24)37-2)30(36)32-22-7-5-6-21(18-22)31-29(35)20-12-13-20/h3-11,14-15,18,20,25,28H,12-13,16-17H2,1-2H3,(H,31,35)(H,32,36). The van der Waals surface area contributed by atoms with Gasteiger partial charge in [0.25, 0.3) is 0 Å². The molecule has 7 nitrogen and oxygen atoms in total. The summed E-state index contributed by atoms with van der Waals surface area (Å²) < 4.78 is 5.65. The lowest BCUT2D eigenvalue weighted by Gasteiger charge is -2.41. The molecule has 0 radical (unpaired) electrons. The first-order chi connectivity index (χ1) is 17.9. The Morgan fingerprint density at radius 1 is 0.865 bits per heavy atom. The Hall–Kier alpha value is -4.13. The molecule has 1 heterocycles. The Morgan fingerprint density at radius 3 is 2.22 bits per heavy atom. The van der Waals surface area contributed by atoms with Gasteiger partial charge in [0.1, 0.15) is 5.75 Å². The highest BCUT2D eigenvalue weighted by atomic mass is 16.5. The Bertz CT molecular complexity index is 1320. The maximum atomic E-state index is 13.8. The van der Waals surface area contributed by atoms with E-state index in [1.165, 1.54) is 0 Å². The second-order valence-corrected chi connectivity index (χ2v) is 9.76. The Balaban J connectivity index is 1.46. The van der Waals surface area contributed by atoms with Gasteiger partial charge in [0, 0.05) is 35.0 Å². The van der Waals surface area contributed by atoms with Gasteiger partial charge in [-0.1, -0.05) is 42.0 Å². The number of benzene rings is 3. The molecule has 2 unspecified atom stereocenters. The van der Waals surface area contributed by atoms with E-state index in [0.29, 0.717) is 23.5 Å². The summed E-state index contributed by atoms with van der Waals surface area (Å²) in [6.07, 6.45) is 2.51. The van der Waals surface area contributed by atoms with E-state index in [1.807, 2.05) is 61.5 Å². The summed E-state index contributed by atoms with van der Waals surface area (Å²) >= 11 is 0. The van der Waals surface area contributed by atoms with E-state index in [1.54, 1.807) is 30.2 Å². The molecule has 2 N–H and O–H groups in total. The van der Waals surface area contributed by atoms with Gasteiger partial charge in [-0.3, -0.25) is 14.4 Å². The van der Waals surface area contributed by atoms with Crippen LogP contribution in [-0.2, 0) is 14.4 Å². The summed E-state index contributed by atoms with van der Waals surface area (Å²) in [5.41, 5.74) is 3.86. The molecule has 0 bridgehead atoms. The predicted molar refractivity (Wildman–Crippen MR) is 144 cm³/mol. The number of hydrogen-bond acceptors (Lipinski definition) is 4. The van der Waals surface area contributed by atoms with Gasteiger partial charge in [-0.25, -0.2) is 0 Å². The summed E-state index contributed by atoms with van der Waals surface area (Å²) in [6.45, 7) is 2.00. The van der Waals surface area contributed by atoms with Crippen molar-refractivity contribution in [1.82, 2.24) is 0 Å². The average Bonchev–Trinajstić information content (AvgIpc) is 3.75. The van der Waals surface area contributed by atoms with Gasteiger partial charge in [0.2, 0.25) is 17.7 Å². The molecule has 0 spiro atoms. The SMILES string of the molecule is COc1ccccc1C1C(C(=O)Nc2cccc(NC(=O)C3CC3)c2)CCC(=O)N1c1ccc(C)cc1. The number of anilines is 3. The van der Waals surface area contributed by atoms with E-state index in [0.717, 1.165) is 29.7 Å². The van der Waals surface area contributed by atoms with Crippen molar-refractivity contribution in [3.05, 3.63) is 83.9 Å². The highest BCUT2D eigenvalue weighted by Crippen LogP contribution is 2.43. The number of carbonyl (C=O) groups excluding carboxylic acids is 3. The Morgan fingerprint density at radius 2 is 1.54 bits per heavy atom. The number of piperidine rings is 1. The number of aryl methyl sites for hydroxylation is 1. The molecule has 2 fully saturated rings. The van der Waals surface area contributed by atoms with Gasteiger partial charge < -0.3 is 20.3 Å². The first-order valence-electron chi connectivity index (χ1n) is 12.7. The number of ether oxygens (including phenoxy) is 1. The monoisotopic (exact) mass is 497 g/mol. The van der Waals surface area contributed by atoms with E-state index in [-0.39, 0.29) is 30.1 Å². The molecule has 3 amide bonds. The van der Waals surface area contributed by atoms with E-state index in [4.69, 9.17) is 4.74 Å². The van der Waals surface area contributed by atoms with E-state index >= 15 is 0 Å². The minimum Gasteiger partial charge on any atom is -0.496 e. The number of amides is 3. The maximum absolute atomic E-state index is 13.8. The zero-order valence-corrected chi connectivity index (χ0v) is 21.1. The average molecular weight is 498 g/mol. The first-order valence-corrected chi connectivity index (χ1v) is 12.7. The van der Waals surface area contributed by atoms with Crippen LogP contribution >= 0.6 is 0 Å². The molecule has 7 heteroatoms. The van der Waals surface area contributed by atoms with Crippen LogP contribution in [0.15, 0.2) is 72.8 Å². The zero-order chi connectivity index (χ0) is 25.9. The van der Waals surface area contributed by atoms with Crippen LogP contribution in [0.25, 0.3) is 0 Å². The predicted octanol–water partition coefficient (Wildman–Crippen LogP) is 5.48. The quantitative estimate of drug-likeness (QED) is 0.453. The van der Waals surface area contributed by atoms with Crippen molar-refractivity contribution >= 4 is 34.8 Å². The van der Waals surface area contributed by atoms with Crippen LogP contribution in [0.1, 0.15) is 42.9 Å². The minimum atomic E-state index is -0.544. The summed E-state index contributed by atoms with van der Waals surface area (Å²) in [5, 5.41) is 5.96. The fraction of sp³-hybridized carbons (Fsp3) is 0.300. The molecule has 0 aromatic heterocycles. The molecule has 2 aliphatic rings. The van der Waals surface area contributed by atoms with Crippen LogP contribution in [0.5, 0.6) is 5.75 Å². The topological polar surface area (TPSA) is 87.7 Å². The van der Waals surface area contributed by atoms with Crippen LogP contribution in [-0.4, -0.2) is 24.8 Å². The van der Waals surface area contributed by atoms with Crippen LogP contribution in [0, 0.1) is 18.8 Å². The maximum Gasteiger partial charge on any atom is 0.229 e. The van der Waals surface area contributed by atoms with Gasteiger partial charge in [0.05, 0.1) is 19.1 Å². The lowest BCUT2D eigenvalue weighted by molar-refractivity contribution is -0.126. The van der Waals surface area contributed by atoms with Crippen molar-refractivity contribution < 1.29 is 19.1 Å². The number of hydrogen-bond donors (Lipinski definition) is 2. The van der Waals surface area contributed by atoms with Crippen molar-refractivity contribution in [3.63, 3.8) is 0 Å². The van der Waals surface area contributed by atoms with Crippen LogP contribution < -0.4 is 20.3 Å². The lowest BCUT2D eigenvalue weighted by Crippen LogP contribution is -2.47. The van der Waals surface area contributed by atoms with Crippen molar-refractivity contribution in [2.75, 3.05) is 22.6 Å². The number of rotatable bonds is 7. The van der Waals surface area contributed by atoms with Crippen molar-refractivity contribution in [2.24, 2.45) is 11.8 Å². The summed E-state index contributed by atoms with van der Waals surface area (Å²) in [7, 11) is 1.59. The second-order valence-electron chi connectivity index (χ2n) is 9.76. The second kappa shape index (κ2) is 10.5. The van der Waals surface area contributed by atoms with Gasteiger partial charge in [-0.2, -0.15) is 0 Å². The third-order valence-electron chi connectivity index (χ3n) is 7.05. The molecule has 3 aromatic carbocycles. The first kappa shape index (κ1) is 24.6. The summed E-state index contributed by atoms with van der Waals surface area (Å²) in [5.74, 6) is -0.00618. The number of carbonyl (C=O) groups is 3. The smallest absolute Gasteiger partial charge is 0.229 e. The van der Waals surface area contributed by atoms with Gasteiger partial charge in [0.15, 0.2) is 0 Å². The molecule has 3 aromatic rings. The molecular weight excluding hydrogens is 466 g/mol. The van der Waals surface area contributed by atoms with Crippen LogP contribution in [0.2, 0.25) is 0 Å². The van der Waals surface area contributed by atoms with Crippen LogP contribution in [0.4, 0.5) is 17.1 Å². The number of nitrogens with zero attached hydrogens (tertiary/aromatic N) is 1. The fourth-order valence-electron chi connectivity index (χ4n) is 4.94. The highest BCUT2D eigenvalue weighted by molar-refractivity contribution is 6.01. The molecule has 1 saturated heterocycles. The van der Waals surface area contributed by atoms with Gasteiger partial charge in [-0.15, -0.1) is 0 Å². The fourth-order valence-corrected chi connectivity index (χ4v) is 4.94. The number of para-hydroxylation sites is 1. The minimum absolute atomic E-state index is 0.0132. The highest BCUT2D eigenvalue weighted by Gasteiger charge is 2.42. The Labute approximate surface area is 216 Å². The molecule has 5 rings (SSSR count). The summed E-state index contributed by atoms with van der Waals surface area (Å²) in [4.78, 5) is 41.0. The number of methoxy groups -OCH3 is 1.